The van der Waals surface area contributed by atoms with E-state index in [0.717, 1.165) is 24.2 Å². The van der Waals surface area contributed by atoms with Crippen molar-refractivity contribution in [2.75, 3.05) is 20.2 Å². The molecular weight excluding hydrogens is 344 g/mol. The molecule has 1 saturated heterocycles. The van der Waals surface area contributed by atoms with Gasteiger partial charge in [-0.2, -0.15) is 4.98 Å². The van der Waals surface area contributed by atoms with E-state index in [1.807, 2.05) is 17.0 Å². The number of hydrogen-bond donors (Lipinski definition) is 0. The Labute approximate surface area is 157 Å². The van der Waals surface area contributed by atoms with Crippen LogP contribution < -0.4 is 4.74 Å². The first-order chi connectivity index (χ1) is 13.2. The van der Waals surface area contributed by atoms with Gasteiger partial charge in [-0.05, 0) is 49.2 Å². The summed E-state index contributed by atoms with van der Waals surface area (Å²) in [7, 11) is 1.61. The monoisotopic (exact) mass is 364 g/mol. The van der Waals surface area contributed by atoms with Crippen molar-refractivity contribution in [3.05, 3.63) is 60.2 Å². The number of hydrogen-bond acceptors (Lipinski definition) is 6. The van der Waals surface area contributed by atoms with Gasteiger partial charge in [-0.1, -0.05) is 5.16 Å². The molecule has 0 bridgehead atoms. The van der Waals surface area contributed by atoms with Crippen LogP contribution >= 0.6 is 0 Å². The van der Waals surface area contributed by atoms with Crippen molar-refractivity contribution in [3.63, 3.8) is 0 Å². The number of ether oxygens (including phenoxy) is 1. The summed E-state index contributed by atoms with van der Waals surface area (Å²) in [5.74, 6) is 2.16. The van der Waals surface area contributed by atoms with Gasteiger partial charge in [-0.3, -0.25) is 9.78 Å². The molecule has 0 radical (unpaired) electrons. The molecule has 1 aromatic carbocycles. The lowest BCUT2D eigenvalue weighted by Crippen LogP contribution is -2.38. The quantitative estimate of drug-likeness (QED) is 0.707. The highest BCUT2D eigenvalue weighted by Gasteiger charge is 2.27. The minimum atomic E-state index is 0.0419. The van der Waals surface area contributed by atoms with Crippen LogP contribution in [-0.4, -0.2) is 46.1 Å². The Morgan fingerprint density at radius 2 is 1.96 bits per heavy atom. The Morgan fingerprint density at radius 3 is 2.63 bits per heavy atom. The summed E-state index contributed by atoms with van der Waals surface area (Å²) in [5.41, 5.74) is 1.48. The summed E-state index contributed by atoms with van der Waals surface area (Å²) in [6.45, 7) is 1.35. The van der Waals surface area contributed by atoms with Crippen LogP contribution in [-0.2, 0) is 0 Å². The fourth-order valence-corrected chi connectivity index (χ4v) is 3.26. The van der Waals surface area contributed by atoms with E-state index < -0.39 is 0 Å². The van der Waals surface area contributed by atoms with Gasteiger partial charge < -0.3 is 14.2 Å². The second kappa shape index (κ2) is 7.57. The summed E-state index contributed by atoms with van der Waals surface area (Å²) < 4.78 is 10.5. The number of methoxy groups -OCH3 is 1. The van der Waals surface area contributed by atoms with Gasteiger partial charge in [0.15, 0.2) is 5.82 Å². The molecule has 2 aromatic heterocycles. The lowest BCUT2D eigenvalue weighted by atomic mass is 9.95. The molecule has 4 rings (SSSR count). The van der Waals surface area contributed by atoms with Crippen molar-refractivity contribution >= 4 is 5.91 Å². The van der Waals surface area contributed by atoms with E-state index in [1.54, 1.807) is 43.8 Å². The van der Waals surface area contributed by atoms with Crippen LogP contribution in [0, 0.1) is 0 Å². The van der Waals surface area contributed by atoms with Crippen LogP contribution in [0.2, 0.25) is 0 Å². The lowest BCUT2D eigenvalue weighted by Gasteiger charge is -2.30. The molecule has 27 heavy (non-hydrogen) atoms. The van der Waals surface area contributed by atoms with Crippen LogP contribution in [0.3, 0.4) is 0 Å². The summed E-state index contributed by atoms with van der Waals surface area (Å²) in [6, 6.07) is 10.9. The van der Waals surface area contributed by atoms with E-state index in [-0.39, 0.29) is 11.8 Å². The van der Waals surface area contributed by atoms with Crippen molar-refractivity contribution in [1.82, 2.24) is 20.0 Å². The molecule has 3 heterocycles. The topological polar surface area (TPSA) is 81.4 Å². The van der Waals surface area contributed by atoms with Gasteiger partial charge >= 0.3 is 0 Å². The lowest BCUT2D eigenvalue weighted by molar-refractivity contribution is 0.0710. The number of rotatable bonds is 4. The number of piperidine rings is 1. The molecule has 0 atom stereocenters. The molecule has 0 N–H and O–H groups in total. The Bertz CT molecular complexity index is 900. The number of aromatic nitrogens is 3. The van der Waals surface area contributed by atoms with Crippen LogP contribution in [0.5, 0.6) is 5.75 Å². The minimum Gasteiger partial charge on any atom is -0.497 e. The predicted octanol–water partition coefficient (Wildman–Crippen LogP) is 3.16. The second-order valence-corrected chi connectivity index (χ2v) is 6.49. The van der Waals surface area contributed by atoms with Gasteiger partial charge in [0.05, 0.1) is 12.7 Å². The van der Waals surface area contributed by atoms with Crippen molar-refractivity contribution in [2.45, 2.75) is 18.8 Å². The van der Waals surface area contributed by atoms with E-state index in [1.165, 1.54) is 0 Å². The molecule has 1 amide bonds. The molecule has 1 aliphatic rings. The van der Waals surface area contributed by atoms with Gasteiger partial charge in [0, 0.05) is 37.0 Å². The maximum absolute atomic E-state index is 12.7. The number of pyridine rings is 1. The maximum atomic E-state index is 12.7. The van der Waals surface area contributed by atoms with E-state index >= 15 is 0 Å². The van der Waals surface area contributed by atoms with Crippen LogP contribution in [0.4, 0.5) is 0 Å². The molecule has 0 spiro atoms. The maximum Gasteiger partial charge on any atom is 0.259 e. The SMILES string of the molecule is COc1ccc(C(=O)N2CCC(c3noc(-c4cccnc4)n3)CC2)cc1. The van der Waals surface area contributed by atoms with E-state index in [2.05, 4.69) is 15.1 Å². The molecule has 0 aliphatic carbocycles. The first-order valence-corrected chi connectivity index (χ1v) is 8.92. The fraction of sp³-hybridized carbons (Fsp3) is 0.300. The third-order valence-corrected chi connectivity index (χ3v) is 4.83. The Balaban J connectivity index is 1.39. The van der Waals surface area contributed by atoms with Crippen LogP contribution in [0.1, 0.15) is 34.9 Å². The van der Waals surface area contributed by atoms with Gasteiger partial charge in [-0.15, -0.1) is 0 Å². The summed E-state index contributed by atoms with van der Waals surface area (Å²) in [5, 5.41) is 4.13. The summed E-state index contributed by atoms with van der Waals surface area (Å²) >= 11 is 0. The van der Waals surface area contributed by atoms with Gasteiger partial charge in [0.2, 0.25) is 0 Å². The third-order valence-electron chi connectivity index (χ3n) is 4.83. The zero-order valence-electron chi connectivity index (χ0n) is 15.0. The van der Waals surface area contributed by atoms with E-state index in [4.69, 9.17) is 9.26 Å². The average Bonchev–Trinajstić information content (AvgIpc) is 3.24. The average molecular weight is 364 g/mol. The number of nitrogens with zero attached hydrogens (tertiary/aromatic N) is 4. The normalized spacial score (nSPS) is 14.9. The van der Waals surface area contributed by atoms with Crippen molar-refractivity contribution in [3.8, 4) is 17.2 Å². The zero-order chi connectivity index (χ0) is 18.6. The number of amides is 1. The van der Waals surface area contributed by atoms with Gasteiger partial charge in [0.25, 0.3) is 11.8 Å². The molecular formula is C20H20N4O3. The number of benzene rings is 1. The van der Waals surface area contributed by atoms with Crippen molar-refractivity contribution in [1.29, 1.82) is 0 Å². The highest BCUT2D eigenvalue weighted by atomic mass is 16.5. The molecule has 7 nitrogen and oxygen atoms in total. The highest BCUT2D eigenvalue weighted by Crippen LogP contribution is 2.28. The minimum absolute atomic E-state index is 0.0419. The summed E-state index contributed by atoms with van der Waals surface area (Å²) in [6.07, 6.45) is 5.03. The Hall–Kier alpha value is -3.22. The van der Waals surface area contributed by atoms with Gasteiger partial charge in [0.1, 0.15) is 5.75 Å². The Morgan fingerprint density at radius 1 is 1.19 bits per heavy atom. The molecule has 1 fully saturated rings. The standard InChI is InChI=1S/C20H20N4O3/c1-26-17-6-4-15(5-7-17)20(25)24-11-8-14(9-12-24)18-22-19(27-23-18)16-3-2-10-21-13-16/h2-7,10,13-14H,8-9,11-12H2,1H3. The largest absolute Gasteiger partial charge is 0.497 e. The molecule has 0 unspecified atom stereocenters. The second-order valence-electron chi connectivity index (χ2n) is 6.49. The molecule has 138 valence electrons. The van der Waals surface area contributed by atoms with E-state index in [0.29, 0.717) is 30.4 Å². The third kappa shape index (κ3) is 3.67. The molecule has 3 aromatic rings. The molecule has 1 aliphatic heterocycles. The molecule has 7 heteroatoms. The van der Waals surface area contributed by atoms with Crippen LogP contribution in [0.15, 0.2) is 53.3 Å². The van der Waals surface area contributed by atoms with E-state index in [9.17, 15) is 4.79 Å². The fourth-order valence-electron chi connectivity index (χ4n) is 3.26. The van der Waals surface area contributed by atoms with Crippen molar-refractivity contribution < 1.29 is 14.1 Å². The predicted molar refractivity (Wildman–Crippen MR) is 98.4 cm³/mol. The van der Waals surface area contributed by atoms with Crippen molar-refractivity contribution in [2.24, 2.45) is 0 Å². The van der Waals surface area contributed by atoms with Crippen LogP contribution in [0.25, 0.3) is 11.5 Å². The van der Waals surface area contributed by atoms with Gasteiger partial charge in [-0.25, -0.2) is 0 Å². The number of carbonyl (C=O) groups excluding carboxylic acids is 1. The smallest absolute Gasteiger partial charge is 0.259 e. The first kappa shape index (κ1) is 17.2. The number of likely N-dealkylation sites (tertiary alicyclic amines) is 1. The summed E-state index contributed by atoms with van der Waals surface area (Å²) in [4.78, 5) is 23.1. The first-order valence-electron chi connectivity index (χ1n) is 8.92. The number of carbonyl (C=O) groups is 1. The zero-order valence-corrected chi connectivity index (χ0v) is 15.0. The highest BCUT2D eigenvalue weighted by molar-refractivity contribution is 5.94. The molecule has 0 saturated carbocycles. The Kier molecular flexibility index (Phi) is 4.82.